The second-order valence-corrected chi connectivity index (χ2v) is 4.45. The van der Waals surface area contributed by atoms with Crippen LogP contribution in [0.3, 0.4) is 0 Å². The predicted molar refractivity (Wildman–Crippen MR) is 73.5 cm³/mol. The summed E-state index contributed by atoms with van der Waals surface area (Å²) in [6, 6.07) is 7.54. The van der Waals surface area contributed by atoms with E-state index in [1.165, 1.54) is 5.56 Å². The molecule has 0 bridgehead atoms. The molecule has 3 nitrogen and oxygen atoms in total. The molecule has 1 aromatic rings. The molecule has 1 rings (SSSR count). The molecular formula is C14H19NaO3. The van der Waals surface area contributed by atoms with Gasteiger partial charge in [-0.1, -0.05) is 38.1 Å². The molecule has 0 radical (unpaired) electrons. The molecule has 18 heavy (non-hydrogen) atoms. The van der Waals surface area contributed by atoms with Gasteiger partial charge in [0.15, 0.2) is 5.78 Å². The van der Waals surface area contributed by atoms with Crippen LogP contribution in [-0.4, -0.2) is 46.4 Å². The minimum atomic E-state index is -0.854. The molecule has 0 aromatic heterocycles. The minimum absolute atomic E-state index is 0. The fourth-order valence-electron chi connectivity index (χ4n) is 1.60. The zero-order chi connectivity index (χ0) is 12.8. The summed E-state index contributed by atoms with van der Waals surface area (Å²) in [7, 11) is 0. The monoisotopic (exact) mass is 258 g/mol. The first kappa shape index (κ1) is 17.4. The van der Waals surface area contributed by atoms with Crippen molar-refractivity contribution in [1.29, 1.82) is 0 Å². The van der Waals surface area contributed by atoms with Crippen LogP contribution in [0.15, 0.2) is 24.3 Å². The van der Waals surface area contributed by atoms with Crippen molar-refractivity contribution in [2.75, 3.05) is 0 Å². The van der Waals surface area contributed by atoms with Gasteiger partial charge in [0.2, 0.25) is 0 Å². The molecule has 0 amide bonds. The van der Waals surface area contributed by atoms with E-state index in [4.69, 9.17) is 5.11 Å². The number of hydrogen-bond acceptors (Lipinski definition) is 2. The third kappa shape index (κ3) is 5.80. The molecule has 1 N–H and O–H groups in total. The van der Waals surface area contributed by atoms with E-state index in [1.807, 2.05) is 24.3 Å². The molecule has 94 valence electrons. The Kier molecular flexibility index (Phi) is 8.16. The van der Waals surface area contributed by atoms with Gasteiger partial charge < -0.3 is 5.11 Å². The molecule has 1 aromatic carbocycles. The van der Waals surface area contributed by atoms with Crippen LogP contribution in [0, 0.1) is 0 Å². The van der Waals surface area contributed by atoms with Crippen LogP contribution in [0.25, 0.3) is 0 Å². The van der Waals surface area contributed by atoms with Gasteiger partial charge in [-0.25, -0.2) is 0 Å². The molecule has 0 aliphatic rings. The number of hydrogen-bond donors (Lipinski definition) is 1. The van der Waals surface area contributed by atoms with Crippen molar-refractivity contribution in [2.24, 2.45) is 0 Å². The Hall–Kier alpha value is -0.640. The number of ketones is 1. The summed E-state index contributed by atoms with van der Waals surface area (Å²) < 4.78 is 0. The Balaban J connectivity index is 0.00000289. The molecule has 0 spiro atoms. The van der Waals surface area contributed by atoms with E-state index in [9.17, 15) is 9.59 Å². The molecule has 0 saturated heterocycles. The van der Waals surface area contributed by atoms with Crippen molar-refractivity contribution in [2.45, 2.75) is 39.0 Å². The summed E-state index contributed by atoms with van der Waals surface area (Å²) in [5.41, 5.74) is 1.87. The fourth-order valence-corrected chi connectivity index (χ4v) is 1.60. The SMILES string of the molecule is CC(C)c1ccc(C(=O)CCCC(=O)O)cc1.[NaH]. The van der Waals surface area contributed by atoms with Gasteiger partial charge in [0.25, 0.3) is 0 Å². The topological polar surface area (TPSA) is 54.4 Å². The Bertz CT molecular complexity index is 396. The van der Waals surface area contributed by atoms with E-state index in [0.717, 1.165) is 0 Å². The summed E-state index contributed by atoms with van der Waals surface area (Å²) in [5, 5.41) is 8.48. The summed E-state index contributed by atoms with van der Waals surface area (Å²) in [5.74, 6) is -0.388. The van der Waals surface area contributed by atoms with Crippen LogP contribution in [0.5, 0.6) is 0 Å². The van der Waals surface area contributed by atoms with Gasteiger partial charge in [0.05, 0.1) is 0 Å². The van der Waals surface area contributed by atoms with Crippen molar-refractivity contribution >= 4 is 41.3 Å². The third-order valence-corrected chi connectivity index (χ3v) is 2.69. The Morgan fingerprint density at radius 1 is 1.11 bits per heavy atom. The summed E-state index contributed by atoms with van der Waals surface area (Å²) in [6.07, 6.45) is 0.753. The van der Waals surface area contributed by atoms with Crippen LogP contribution < -0.4 is 0 Å². The number of carbonyl (C=O) groups is 2. The Morgan fingerprint density at radius 3 is 2.11 bits per heavy atom. The maximum atomic E-state index is 11.7. The standard InChI is InChI=1S/C14H18O3.Na.H/c1-10(2)11-6-8-12(9-7-11)13(15)4-3-5-14(16)17;;/h6-10H,3-5H2,1-2H3,(H,16,17);;. The van der Waals surface area contributed by atoms with Crippen molar-refractivity contribution < 1.29 is 14.7 Å². The zero-order valence-corrected chi connectivity index (χ0v) is 10.3. The number of aliphatic carboxylic acids is 1. The summed E-state index contributed by atoms with van der Waals surface area (Å²) in [4.78, 5) is 22.0. The summed E-state index contributed by atoms with van der Waals surface area (Å²) in [6.45, 7) is 4.20. The number of Topliss-reactive ketones (excluding diaryl/α,β-unsaturated/α-hetero) is 1. The van der Waals surface area contributed by atoms with Crippen molar-refractivity contribution in [3.63, 3.8) is 0 Å². The van der Waals surface area contributed by atoms with E-state index in [1.54, 1.807) is 0 Å². The van der Waals surface area contributed by atoms with Gasteiger partial charge in [0, 0.05) is 18.4 Å². The van der Waals surface area contributed by atoms with E-state index in [0.29, 0.717) is 24.3 Å². The second-order valence-electron chi connectivity index (χ2n) is 4.45. The quantitative estimate of drug-likeness (QED) is 0.630. The molecule has 0 aliphatic heterocycles. The van der Waals surface area contributed by atoms with Crippen LogP contribution in [0.4, 0.5) is 0 Å². The zero-order valence-electron chi connectivity index (χ0n) is 10.3. The van der Waals surface area contributed by atoms with Gasteiger partial charge in [-0.15, -0.1) is 0 Å². The van der Waals surface area contributed by atoms with E-state index in [-0.39, 0.29) is 41.8 Å². The number of carboxylic acid groups (broad SMARTS) is 1. The van der Waals surface area contributed by atoms with E-state index in [2.05, 4.69) is 13.8 Å². The predicted octanol–water partition coefficient (Wildman–Crippen LogP) is 2.60. The first-order chi connectivity index (χ1) is 8.00. The first-order valence-electron chi connectivity index (χ1n) is 5.85. The molecule has 0 unspecified atom stereocenters. The normalized spacial score (nSPS) is 9.94. The second kappa shape index (κ2) is 8.46. The Morgan fingerprint density at radius 2 is 1.67 bits per heavy atom. The number of benzene rings is 1. The average Bonchev–Trinajstić information content (AvgIpc) is 2.28. The number of carboxylic acids is 1. The molecular weight excluding hydrogens is 239 g/mol. The van der Waals surface area contributed by atoms with Gasteiger partial charge in [-0.3, -0.25) is 9.59 Å². The molecule has 0 aliphatic carbocycles. The van der Waals surface area contributed by atoms with E-state index < -0.39 is 5.97 Å². The molecule has 0 heterocycles. The van der Waals surface area contributed by atoms with Crippen molar-refractivity contribution in [3.8, 4) is 0 Å². The molecule has 0 saturated carbocycles. The van der Waals surface area contributed by atoms with Gasteiger partial charge in [-0.2, -0.15) is 0 Å². The van der Waals surface area contributed by atoms with Gasteiger partial charge >= 0.3 is 35.5 Å². The Labute approximate surface area is 130 Å². The number of rotatable bonds is 6. The van der Waals surface area contributed by atoms with Crippen LogP contribution in [0.2, 0.25) is 0 Å². The van der Waals surface area contributed by atoms with Crippen molar-refractivity contribution in [3.05, 3.63) is 35.4 Å². The van der Waals surface area contributed by atoms with Crippen LogP contribution >= 0.6 is 0 Å². The third-order valence-electron chi connectivity index (χ3n) is 2.69. The van der Waals surface area contributed by atoms with Crippen molar-refractivity contribution in [1.82, 2.24) is 0 Å². The molecule has 0 atom stereocenters. The summed E-state index contributed by atoms with van der Waals surface area (Å²) >= 11 is 0. The maximum absolute atomic E-state index is 11.7. The van der Waals surface area contributed by atoms with Crippen LogP contribution in [0.1, 0.15) is 54.9 Å². The van der Waals surface area contributed by atoms with Crippen LogP contribution in [-0.2, 0) is 4.79 Å². The first-order valence-corrected chi connectivity index (χ1v) is 5.85. The fraction of sp³-hybridized carbons (Fsp3) is 0.429. The van der Waals surface area contributed by atoms with Gasteiger partial charge in [0.1, 0.15) is 0 Å². The molecule has 4 heteroatoms. The molecule has 0 fully saturated rings. The number of carbonyl (C=O) groups excluding carboxylic acids is 1. The average molecular weight is 258 g/mol. The van der Waals surface area contributed by atoms with E-state index >= 15 is 0 Å². The van der Waals surface area contributed by atoms with Gasteiger partial charge in [-0.05, 0) is 17.9 Å².